The predicted molar refractivity (Wildman–Crippen MR) is 101 cm³/mol. The summed E-state index contributed by atoms with van der Waals surface area (Å²) < 4.78 is 0. The number of H-pyrrole nitrogens is 1. The summed E-state index contributed by atoms with van der Waals surface area (Å²) in [6.07, 6.45) is 0.934. The van der Waals surface area contributed by atoms with Gasteiger partial charge in [-0.2, -0.15) is 5.10 Å². The zero-order valence-corrected chi connectivity index (χ0v) is 14.8. The minimum Gasteiger partial charge on any atom is -0.353 e. The molecule has 25 heavy (non-hydrogen) atoms. The van der Waals surface area contributed by atoms with Crippen LogP contribution in [-0.4, -0.2) is 35.2 Å². The number of hydrogen-bond donors (Lipinski definition) is 2. The lowest BCUT2D eigenvalue weighted by atomic mass is 10.1. The third-order valence-electron chi connectivity index (χ3n) is 4.56. The highest BCUT2D eigenvalue weighted by Crippen LogP contribution is 2.24. The number of aromatic amines is 1. The lowest BCUT2D eigenvalue weighted by Crippen LogP contribution is -2.37. The Kier molecular flexibility index (Phi) is 4.28. The van der Waals surface area contributed by atoms with Crippen molar-refractivity contribution in [3.8, 4) is 11.3 Å². The van der Waals surface area contributed by atoms with Gasteiger partial charge in [0.15, 0.2) is 5.82 Å². The van der Waals surface area contributed by atoms with E-state index >= 15 is 0 Å². The molecule has 1 atom stereocenters. The number of thiophene rings is 1. The maximum Gasteiger partial charge on any atom is 0.261 e. The molecule has 1 fully saturated rings. The van der Waals surface area contributed by atoms with Crippen LogP contribution in [0.3, 0.4) is 0 Å². The standard InChI is InChI=1S/C19H20N4OS/c1-13-8-10-25-18(13)19(24)20-15-7-9-23(12-15)17-11-16(21-22-17)14-5-3-2-4-6-14/h2-6,8,10-11,15H,7,9,12H2,1H3,(H,20,24)(H,21,22). The van der Waals surface area contributed by atoms with Gasteiger partial charge in [0.05, 0.1) is 10.6 Å². The molecule has 1 unspecified atom stereocenters. The van der Waals surface area contributed by atoms with Gasteiger partial charge in [0.25, 0.3) is 5.91 Å². The average Bonchev–Trinajstić information content (AvgIpc) is 3.35. The van der Waals surface area contributed by atoms with Crippen LogP contribution in [-0.2, 0) is 0 Å². The largest absolute Gasteiger partial charge is 0.353 e. The van der Waals surface area contributed by atoms with Crippen LogP contribution < -0.4 is 10.2 Å². The molecule has 5 nitrogen and oxygen atoms in total. The van der Waals surface area contributed by atoms with Crippen molar-refractivity contribution in [2.75, 3.05) is 18.0 Å². The molecule has 1 aromatic carbocycles. The molecule has 3 aromatic rings. The summed E-state index contributed by atoms with van der Waals surface area (Å²) in [6, 6.07) is 14.4. The van der Waals surface area contributed by atoms with Crippen molar-refractivity contribution in [3.63, 3.8) is 0 Å². The summed E-state index contributed by atoms with van der Waals surface area (Å²) in [5, 5.41) is 12.7. The second-order valence-corrected chi connectivity index (χ2v) is 7.26. The predicted octanol–water partition coefficient (Wildman–Crippen LogP) is 3.46. The molecule has 1 saturated heterocycles. The molecule has 0 radical (unpaired) electrons. The molecule has 6 heteroatoms. The molecule has 128 valence electrons. The number of nitrogens with zero attached hydrogens (tertiary/aromatic N) is 2. The van der Waals surface area contributed by atoms with Crippen LogP contribution in [0.25, 0.3) is 11.3 Å². The van der Waals surface area contributed by atoms with E-state index in [1.54, 1.807) is 0 Å². The SMILES string of the molecule is Cc1ccsc1C(=O)NC1CCN(c2cc(-c3ccccc3)[nH]n2)C1. The van der Waals surface area contributed by atoms with Gasteiger partial charge in [-0.15, -0.1) is 11.3 Å². The summed E-state index contributed by atoms with van der Waals surface area (Å²) in [4.78, 5) is 15.4. The fraction of sp³-hybridized carbons (Fsp3) is 0.263. The molecule has 2 aromatic heterocycles. The van der Waals surface area contributed by atoms with Gasteiger partial charge in [-0.05, 0) is 35.9 Å². The molecule has 1 aliphatic rings. The van der Waals surface area contributed by atoms with E-state index in [1.165, 1.54) is 11.3 Å². The van der Waals surface area contributed by atoms with Crippen LogP contribution in [0.4, 0.5) is 5.82 Å². The first-order valence-corrected chi connectivity index (χ1v) is 9.29. The first kappa shape index (κ1) is 15.9. The van der Waals surface area contributed by atoms with Crippen molar-refractivity contribution >= 4 is 23.1 Å². The molecule has 1 aliphatic heterocycles. The molecule has 4 rings (SSSR count). The van der Waals surface area contributed by atoms with E-state index in [1.807, 2.05) is 36.6 Å². The van der Waals surface area contributed by atoms with Gasteiger partial charge in [-0.3, -0.25) is 9.89 Å². The normalized spacial score (nSPS) is 17.0. The van der Waals surface area contributed by atoms with E-state index in [9.17, 15) is 4.79 Å². The Balaban J connectivity index is 1.40. The quantitative estimate of drug-likeness (QED) is 0.756. The van der Waals surface area contributed by atoms with Crippen LogP contribution >= 0.6 is 11.3 Å². The number of amides is 1. The first-order chi connectivity index (χ1) is 12.2. The zero-order valence-electron chi connectivity index (χ0n) is 14.0. The minimum absolute atomic E-state index is 0.0337. The zero-order chi connectivity index (χ0) is 17.2. The van der Waals surface area contributed by atoms with Gasteiger partial charge in [-0.25, -0.2) is 0 Å². The third-order valence-corrected chi connectivity index (χ3v) is 5.58. The van der Waals surface area contributed by atoms with E-state index < -0.39 is 0 Å². The maximum absolute atomic E-state index is 12.4. The topological polar surface area (TPSA) is 61.0 Å². The molecular weight excluding hydrogens is 332 g/mol. The molecule has 0 bridgehead atoms. The smallest absolute Gasteiger partial charge is 0.261 e. The molecule has 3 heterocycles. The van der Waals surface area contributed by atoms with Gasteiger partial charge in [-0.1, -0.05) is 30.3 Å². The number of carbonyl (C=O) groups excluding carboxylic acids is 1. The van der Waals surface area contributed by atoms with Gasteiger partial charge in [0.1, 0.15) is 0 Å². The fourth-order valence-corrected chi connectivity index (χ4v) is 4.01. The Hall–Kier alpha value is -2.60. The highest BCUT2D eigenvalue weighted by molar-refractivity contribution is 7.12. The molecule has 0 aliphatic carbocycles. The molecule has 1 amide bonds. The van der Waals surface area contributed by atoms with Gasteiger partial charge in [0.2, 0.25) is 0 Å². The van der Waals surface area contributed by atoms with Crippen LogP contribution in [0.2, 0.25) is 0 Å². The van der Waals surface area contributed by atoms with Gasteiger partial charge in [0, 0.05) is 25.2 Å². The fourth-order valence-electron chi connectivity index (χ4n) is 3.18. The van der Waals surface area contributed by atoms with Crippen molar-refractivity contribution in [1.29, 1.82) is 0 Å². The van der Waals surface area contributed by atoms with Crippen molar-refractivity contribution in [2.24, 2.45) is 0 Å². The van der Waals surface area contributed by atoms with Crippen LogP contribution in [0.1, 0.15) is 21.7 Å². The van der Waals surface area contributed by atoms with Crippen molar-refractivity contribution < 1.29 is 4.79 Å². The third kappa shape index (κ3) is 3.30. The van der Waals surface area contributed by atoms with Crippen molar-refractivity contribution in [2.45, 2.75) is 19.4 Å². The molecule has 2 N–H and O–H groups in total. The number of benzene rings is 1. The summed E-state index contributed by atoms with van der Waals surface area (Å²) >= 11 is 1.50. The lowest BCUT2D eigenvalue weighted by molar-refractivity contribution is 0.0944. The first-order valence-electron chi connectivity index (χ1n) is 8.41. The Morgan fingerprint density at radius 2 is 2.16 bits per heavy atom. The molecule has 0 spiro atoms. The highest BCUT2D eigenvalue weighted by atomic mass is 32.1. The van der Waals surface area contributed by atoms with E-state index in [2.05, 4.69) is 38.6 Å². The van der Waals surface area contributed by atoms with Gasteiger partial charge < -0.3 is 10.2 Å². The highest BCUT2D eigenvalue weighted by Gasteiger charge is 2.26. The maximum atomic E-state index is 12.4. The number of rotatable bonds is 4. The van der Waals surface area contributed by atoms with Crippen molar-refractivity contribution in [3.05, 3.63) is 58.3 Å². The molecular formula is C19H20N4OS. The summed E-state index contributed by atoms with van der Waals surface area (Å²) in [5.74, 6) is 0.967. The number of hydrogen-bond acceptors (Lipinski definition) is 4. The Bertz CT molecular complexity index is 870. The van der Waals surface area contributed by atoms with E-state index in [0.717, 1.165) is 47.0 Å². The van der Waals surface area contributed by atoms with E-state index in [0.29, 0.717) is 0 Å². The number of aromatic nitrogens is 2. The number of anilines is 1. The van der Waals surface area contributed by atoms with E-state index in [-0.39, 0.29) is 11.9 Å². The monoisotopic (exact) mass is 352 g/mol. The van der Waals surface area contributed by atoms with Gasteiger partial charge >= 0.3 is 0 Å². The van der Waals surface area contributed by atoms with Crippen LogP contribution in [0, 0.1) is 6.92 Å². The second kappa shape index (κ2) is 6.72. The summed E-state index contributed by atoms with van der Waals surface area (Å²) in [6.45, 7) is 3.66. The second-order valence-electron chi connectivity index (χ2n) is 6.34. The Morgan fingerprint density at radius 3 is 2.92 bits per heavy atom. The van der Waals surface area contributed by atoms with Crippen molar-refractivity contribution in [1.82, 2.24) is 15.5 Å². The summed E-state index contributed by atoms with van der Waals surface area (Å²) in [5.41, 5.74) is 3.17. The van der Waals surface area contributed by atoms with E-state index in [4.69, 9.17) is 0 Å². The number of nitrogens with one attached hydrogen (secondary N) is 2. The number of carbonyl (C=O) groups is 1. The number of aryl methyl sites for hydroxylation is 1. The average molecular weight is 352 g/mol. The Labute approximate surface area is 150 Å². The lowest BCUT2D eigenvalue weighted by Gasteiger charge is -2.16. The minimum atomic E-state index is 0.0337. The van der Waals surface area contributed by atoms with Crippen LogP contribution in [0.15, 0.2) is 47.8 Å². The van der Waals surface area contributed by atoms with Crippen LogP contribution in [0.5, 0.6) is 0 Å². The summed E-state index contributed by atoms with van der Waals surface area (Å²) in [7, 11) is 0. The Morgan fingerprint density at radius 1 is 1.32 bits per heavy atom. The molecule has 0 saturated carbocycles.